The van der Waals surface area contributed by atoms with Gasteiger partial charge < -0.3 is 65.3 Å². The van der Waals surface area contributed by atoms with Crippen LogP contribution in [0.5, 0.6) is 0 Å². The highest BCUT2D eigenvalue weighted by atomic mass is 16.6. The lowest BCUT2D eigenvalue weighted by atomic mass is 10.1. The van der Waals surface area contributed by atoms with Crippen molar-refractivity contribution in [3.05, 3.63) is 0 Å². The van der Waals surface area contributed by atoms with Crippen LogP contribution in [-0.2, 0) is 95.3 Å². The first-order valence-corrected chi connectivity index (χ1v) is 32.2. The number of carbonyl (C=O) groups is 10. The number of rotatable bonds is 55. The molecule has 0 aromatic carbocycles. The third kappa shape index (κ3) is 57.7. The normalized spacial score (nSPS) is 12.2. The maximum Gasteiger partial charge on any atom is 0.362 e. The van der Waals surface area contributed by atoms with E-state index in [1.165, 1.54) is 27.7 Å². The van der Waals surface area contributed by atoms with Gasteiger partial charge in [-0.05, 0) is 51.4 Å². The van der Waals surface area contributed by atoms with E-state index >= 15 is 0 Å². The predicted octanol–water partition coefficient (Wildman–Crippen LogP) is 8.18. The third-order valence-corrected chi connectivity index (χ3v) is 14.6. The molecule has 0 spiro atoms. The molecule has 24 nitrogen and oxygen atoms in total. The minimum absolute atomic E-state index is 0. The quantitative estimate of drug-likeness (QED) is 0.0240. The molecule has 90 heavy (non-hydrogen) atoms. The van der Waals surface area contributed by atoms with Crippen LogP contribution in [0.15, 0.2) is 0 Å². The molecule has 0 aromatic rings. The topological polar surface area (TPSA) is 263 Å². The molecule has 0 saturated carbocycles. The van der Waals surface area contributed by atoms with Crippen molar-refractivity contribution in [2.45, 2.75) is 209 Å². The number of unbranched alkanes of at least 4 members (excludes halogenated alkanes) is 17. The van der Waals surface area contributed by atoms with E-state index in [1.54, 1.807) is 0 Å². The molecule has 0 aliphatic rings. The number of likely N-dealkylation sites (N-methyl/N-ethyl adjacent to an activating group) is 4. The Balaban J connectivity index is -0.0000378. The molecule has 0 heterocycles. The van der Waals surface area contributed by atoms with Crippen molar-refractivity contribution in [2.75, 3.05) is 162 Å². The summed E-state index contributed by atoms with van der Waals surface area (Å²) in [6.45, 7) is 8.61. The zero-order valence-corrected chi connectivity index (χ0v) is 56.4. The van der Waals surface area contributed by atoms with E-state index in [1.807, 2.05) is 56.4 Å². The Bertz CT molecular complexity index is 1890. The van der Waals surface area contributed by atoms with E-state index in [2.05, 4.69) is 0 Å². The van der Waals surface area contributed by atoms with Crippen LogP contribution in [0.4, 0.5) is 0 Å². The molecule has 0 amide bonds. The minimum Gasteiger partial charge on any atom is -0.466 e. The molecule has 0 fully saturated rings. The molecule has 0 bridgehead atoms. The summed E-state index contributed by atoms with van der Waals surface area (Å²) >= 11 is 0. The van der Waals surface area contributed by atoms with Crippen molar-refractivity contribution in [3.63, 3.8) is 0 Å². The Morgan fingerprint density at radius 2 is 0.500 bits per heavy atom. The number of quaternary nitrogens is 4. The summed E-state index contributed by atoms with van der Waals surface area (Å²) in [5.74, 6) is -3.69. The second-order valence-corrected chi connectivity index (χ2v) is 25.8. The standard InChI is InChI=1S/C64H118N4O20.2CH4/c1-53(69)79-43-37-65(5,6)47-61(75)85-51-57(87-63(77)49-67(9,10)39-45-81-55(3)71)33-27-21-15-17-23-29-35-59(73)83-41-31-25-19-13-14-20-26-32-42-84-60(74)36-30-24-18-16-22-28-34-58(88-64(78)50-68(11,12)40-46-82-56(4)72)52-86-62(76)48-66(7,8)38-44-80-54(2)70;;/h57-58H,13-52H2,1-12H3;2*1H4/q+4;;. The SMILES string of the molecule is C.C.CC(=O)OCC[N+](C)(C)CC(=O)OCC(CCCCCCCCC(=O)OCCCCCCCCCCOC(=O)CCCCCCCCC(COC(=O)C[N+](C)(C)CCOC(C)=O)OC(=O)C[N+](C)(C)CCOC(C)=O)OC(=O)C[N+](C)(C)CCOC(C)=O. The fourth-order valence-corrected chi connectivity index (χ4v) is 9.20. The molecule has 0 aliphatic heterocycles. The fraction of sp³-hybridized carbons (Fsp3) is 0.848. The molecule has 0 aliphatic carbocycles. The molecule has 0 radical (unpaired) electrons. The predicted molar refractivity (Wildman–Crippen MR) is 342 cm³/mol. The van der Waals surface area contributed by atoms with Crippen LogP contribution in [0.25, 0.3) is 0 Å². The summed E-state index contributed by atoms with van der Waals surface area (Å²) in [4.78, 5) is 121. The average molecular weight is 1300 g/mol. The van der Waals surface area contributed by atoms with Crippen LogP contribution in [-0.4, -0.2) is 251 Å². The first kappa shape index (κ1) is 88.7. The zero-order valence-electron chi connectivity index (χ0n) is 56.4. The van der Waals surface area contributed by atoms with Crippen LogP contribution in [0.1, 0.15) is 197 Å². The van der Waals surface area contributed by atoms with Crippen molar-refractivity contribution in [1.82, 2.24) is 0 Å². The van der Waals surface area contributed by atoms with Crippen LogP contribution < -0.4 is 0 Å². The van der Waals surface area contributed by atoms with Gasteiger partial charge in [0.05, 0.1) is 69.6 Å². The van der Waals surface area contributed by atoms with Crippen molar-refractivity contribution in [2.24, 2.45) is 0 Å². The Labute approximate surface area is 541 Å². The van der Waals surface area contributed by atoms with E-state index in [0.717, 1.165) is 128 Å². The maximum absolute atomic E-state index is 13.0. The molecule has 0 saturated heterocycles. The molecular weight excluding hydrogens is 1170 g/mol. The van der Waals surface area contributed by atoms with Gasteiger partial charge in [0.15, 0.2) is 26.2 Å². The van der Waals surface area contributed by atoms with Gasteiger partial charge in [0.2, 0.25) is 0 Å². The molecular formula is C66H126N4O20+4. The number of nitrogens with zero attached hydrogens (tertiary/aromatic N) is 4. The average Bonchev–Trinajstić information content (AvgIpc) is 2.64. The molecule has 526 valence electrons. The first-order chi connectivity index (χ1) is 41.4. The van der Waals surface area contributed by atoms with Crippen molar-refractivity contribution >= 4 is 59.7 Å². The summed E-state index contributed by atoms with van der Waals surface area (Å²) in [6.07, 6.45) is 18.9. The molecule has 0 rings (SSSR count). The van der Waals surface area contributed by atoms with Gasteiger partial charge >= 0.3 is 59.7 Å². The van der Waals surface area contributed by atoms with E-state index in [-0.39, 0.29) is 122 Å². The van der Waals surface area contributed by atoms with Crippen LogP contribution in [0.3, 0.4) is 0 Å². The lowest BCUT2D eigenvalue weighted by Crippen LogP contribution is -2.48. The first-order valence-electron chi connectivity index (χ1n) is 32.2. The number of hydrogen-bond donors (Lipinski definition) is 0. The third-order valence-electron chi connectivity index (χ3n) is 14.6. The van der Waals surface area contributed by atoms with Gasteiger partial charge in [-0.1, -0.05) is 105 Å². The molecule has 2 unspecified atom stereocenters. The Kier molecular flexibility index (Phi) is 51.3. The van der Waals surface area contributed by atoms with Gasteiger partial charge in [-0.15, -0.1) is 0 Å². The molecule has 0 N–H and O–H groups in total. The Morgan fingerprint density at radius 3 is 0.767 bits per heavy atom. The fourth-order valence-electron chi connectivity index (χ4n) is 9.20. The lowest BCUT2D eigenvalue weighted by molar-refractivity contribution is -0.883. The highest BCUT2D eigenvalue weighted by Crippen LogP contribution is 2.17. The van der Waals surface area contributed by atoms with Gasteiger partial charge in [0.1, 0.15) is 78.0 Å². The molecule has 2 atom stereocenters. The van der Waals surface area contributed by atoms with Gasteiger partial charge in [0, 0.05) is 40.5 Å². The molecule has 0 aromatic heterocycles. The van der Waals surface area contributed by atoms with E-state index in [0.29, 0.717) is 65.1 Å². The zero-order chi connectivity index (χ0) is 66.3. The van der Waals surface area contributed by atoms with Crippen molar-refractivity contribution in [1.29, 1.82) is 0 Å². The minimum atomic E-state index is -0.628. The van der Waals surface area contributed by atoms with Gasteiger partial charge in [-0.2, -0.15) is 0 Å². The summed E-state index contributed by atoms with van der Waals surface area (Å²) in [7, 11) is 14.7. The second kappa shape index (κ2) is 52.1. The second-order valence-electron chi connectivity index (χ2n) is 25.8. The Morgan fingerprint density at radius 1 is 0.267 bits per heavy atom. The number of hydrogen-bond acceptors (Lipinski definition) is 20. The van der Waals surface area contributed by atoms with Gasteiger partial charge in [-0.25, -0.2) is 19.2 Å². The van der Waals surface area contributed by atoms with Gasteiger partial charge in [0.25, 0.3) is 0 Å². The smallest absolute Gasteiger partial charge is 0.362 e. The largest absolute Gasteiger partial charge is 0.466 e. The summed E-state index contributed by atoms with van der Waals surface area (Å²) < 4.78 is 54.8. The van der Waals surface area contributed by atoms with Crippen molar-refractivity contribution < 1.29 is 113 Å². The van der Waals surface area contributed by atoms with E-state index in [4.69, 9.17) is 47.4 Å². The van der Waals surface area contributed by atoms with Crippen molar-refractivity contribution in [3.8, 4) is 0 Å². The highest BCUT2D eigenvalue weighted by molar-refractivity contribution is 5.73. The maximum atomic E-state index is 13.0. The monoisotopic (exact) mass is 1290 g/mol. The highest BCUT2D eigenvalue weighted by Gasteiger charge is 2.29. The number of ether oxygens (including phenoxy) is 10. The van der Waals surface area contributed by atoms with Crippen LogP contribution >= 0.6 is 0 Å². The van der Waals surface area contributed by atoms with E-state index < -0.39 is 48.0 Å². The van der Waals surface area contributed by atoms with Gasteiger partial charge in [-0.3, -0.25) is 28.8 Å². The Hall–Kier alpha value is -5.46. The van der Waals surface area contributed by atoms with Crippen LogP contribution in [0.2, 0.25) is 0 Å². The van der Waals surface area contributed by atoms with Crippen LogP contribution in [0, 0.1) is 0 Å². The summed E-state index contributed by atoms with van der Waals surface area (Å²) in [5, 5.41) is 0. The number of carbonyl (C=O) groups excluding carboxylic acids is 10. The number of esters is 10. The van der Waals surface area contributed by atoms with E-state index in [9.17, 15) is 47.9 Å². The lowest BCUT2D eigenvalue weighted by Gasteiger charge is -2.29. The summed E-state index contributed by atoms with van der Waals surface area (Å²) in [5.41, 5.74) is 0. The summed E-state index contributed by atoms with van der Waals surface area (Å²) in [6, 6.07) is 0. The molecule has 24 heteroatoms.